The molecule has 3 rings (SSSR count). The van der Waals surface area contributed by atoms with Crippen molar-refractivity contribution in [1.82, 2.24) is 30.2 Å². The molecule has 0 bridgehead atoms. The van der Waals surface area contributed by atoms with Crippen LogP contribution < -0.4 is 35.9 Å². The van der Waals surface area contributed by atoms with Gasteiger partial charge in [0.25, 0.3) is 15.6 Å². The van der Waals surface area contributed by atoms with Gasteiger partial charge < -0.3 is 74.1 Å². The number of hydrogen-bond acceptors (Lipinski definition) is 23. The zero-order valence-electron chi connectivity index (χ0n) is 31.0. The summed E-state index contributed by atoms with van der Waals surface area (Å²) in [4.78, 5) is 108. The molecule has 3 heterocycles. The van der Waals surface area contributed by atoms with E-state index < -0.39 is 102 Å². The minimum atomic E-state index is -5.94. The number of amides is 2. The Kier molecular flexibility index (Phi) is 17.9. The lowest BCUT2D eigenvalue weighted by Gasteiger charge is -2.36. The van der Waals surface area contributed by atoms with E-state index in [1.807, 2.05) is 6.92 Å². The summed E-state index contributed by atoms with van der Waals surface area (Å²) in [6.45, 7) is 1.60. The Hall–Kier alpha value is -2.97. The molecule has 7 N–H and O–H groups in total. The second-order valence-electron chi connectivity index (χ2n) is 13.2. The zero-order valence-corrected chi connectivity index (χ0v) is 34.5. The van der Waals surface area contributed by atoms with Crippen molar-refractivity contribution in [3.05, 3.63) is 12.7 Å². The van der Waals surface area contributed by atoms with E-state index in [-0.39, 0.29) is 48.7 Å². The van der Waals surface area contributed by atoms with E-state index in [0.717, 1.165) is 35.4 Å². The van der Waals surface area contributed by atoms with Gasteiger partial charge in [0, 0.05) is 30.7 Å². The van der Waals surface area contributed by atoms with Crippen LogP contribution in [0.1, 0.15) is 52.7 Å². The molecule has 8 unspecified atom stereocenters. The molecule has 1 aliphatic rings. The fourth-order valence-electron chi connectivity index (χ4n) is 5.11. The quantitative estimate of drug-likeness (QED) is 0.0348. The van der Waals surface area contributed by atoms with Gasteiger partial charge in [-0.05, 0) is 6.42 Å². The third-order valence-electron chi connectivity index (χ3n) is 8.15. The Bertz CT molecular complexity index is 1920. The molecular formula is C28H42N7O19P3S-4. The van der Waals surface area contributed by atoms with Gasteiger partial charge in [0.05, 0.1) is 27.4 Å². The molecule has 0 saturated carbocycles. The number of imidazole rings is 1. The molecule has 0 radical (unpaired) electrons. The molecule has 30 heteroatoms. The van der Waals surface area contributed by atoms with Gasteiger partial charge in [-0.3, -0.25) is 32.9 Å². The van der Waals surface area contributed by atoms with E-state index in [1.165, 1.54) is 13.8 Å². The number of aromatic nitrogens is 4. The molecule has 26 nitrogen and oxygen atoms in total. The molecule has 328 valence electrons. The van der Waals surface area contributed by atoms with Gasteiger partial charge in [0.1, 0.15) is 42.2 Å². The third-order valence-corrected chi connectivity index (χ3v) is 12.1. The molecule has 1 saturated heterocycles. The molecule has 1 fully saturated rings. The number of nitrogens with zero attached hydrogens (tertiary/aromatic N) is 4. The number of thioether (sulfide) groups is 1. The number of aliphatic hydroxyl groups excluding tert-OH is 2. The van der Waals surface area contributed by atoms with E-state index in [2.05, 4.69) is 43.5 Å². The second kappa shape index (κ2) is 21.0. The Morgan fingerprint density at radius 1 is 1.07 bits per heavy atom. The van der Waals surface area contributed by atoms with Gasteiger partial charge in [0.2, 0.25) is 16.9 Å². The van der Waals surface area contributed by atoms with E-state index in [0.29, 0.717) is 6.42 Å². The Morgan fingerprint density at radius 3 is 2.38 bits per heavy atom. The summed E-state index contributed by atoms with van der Waals surface area (Å²) in [5.74, 6) is -3.98. The minimum absolute atomic E-state index is 0.0181. The highest BCUT2D eigenvalue weighted by atomic mass is 32.2. The maximum absolute atomic E-state index is 12.5. The molecule has 2 aromatic heterocycles. The van der Waals surface area contributed by atoms with Crippen molar-refractivity contribution in [3.8, 4) is 0 Å². The van der Waals surface area contributed by atoms with Crippen LogP contribution in [0.5, 0.6) is 0 Å². The average molecular weight is 906 g/mol. The first-order valence-electron chi connectivity index (χ1n) is 17.1. The van der Waals surface area contributed by atoms with E-state index in [4.69, 9.17) is 10.5 Å². The number of rotatable bonds is 24. The van der Waals surface area contributed by atoms with Gasteiger partial charge >= 0.3 is 5.97 Å². The number of carboxylic acid groups (broad SMARTS) is 1. The number of nitrogen functional groups attached to an aromatic ring is 1. The van der Waals surface area contributed by atoms with Crippen LogP contribution in [0.25, 0.3) is 11.2 Å². The highest BCUT2D eigenvalue weighted by Crippen LogP contribution is 2.56. The maximum Gasteiger partial charge on any atom is 0.314 e. The highest BCUT2D eigenvalue weighted by molar-refractivity contribution is 8.13. The van der Waals surface area contributed by atoms with Gasteiger partial charge in [-0.15, -0.1) is 0 Å². The summed E-state index contributed by atoms with van der Waals surface area (Å²) < 4.78 is 60.4. The van der Waals surface area contributed by atoms with Crippen molar-refractivity contribution in [3.63, 3.8) is 0 Å². The third kappa shape index (κ3) is 14.6. The number of nitrogens with one attached hydrogen (secondary N) is 2. The lowest BCUT2D eigenvalue weighted by atomic mass is 9.87. The number of phosphoric acid groups is 3. The first kappa shape index (κ1) is 49.4. The van der Waals surface area contributed by atoms with Crippen LogP contribution in [0, 0.1) is 11.3 Å². The van der Waals surface area contributed by atoms with Gasteiger partial charge in [-0.1, -0.05) is 45.4 Å². The normalized spacial score (nSPS) is 21.8. The largest absolute Gasteiger partial charge is 0.790 e. The number of aliphatic hydroxyl groups is 2. The van der Waals surface area contributed by atoms with Gasteiger partial charge in [0.15, 0.2) is 17.7 Å². The molecule has 0 aliphatic carbocycles. The van der Waals surface area contributed by atoms with Crippen LogP contribution in [-0.4, -0.2) is 114 Å². The minimum Gasteiger partial charge on any atom is -0.790 e. The maximum atomic E-state index is 12.5. The Labute approximate surface area is 334 Å². The lowest BCUT2D eigenvalue weighted by Crippen LogP contribution is -2.46. The average Bonchev–Trinajstić information content (AvgIpc) is 3.68. The number of hydrogen-bond donors (Lipinski definition) is 6. The fourth-order valence-corrected chi connectivity index (χ4v) is 8.67. The van der Waals surface area contributed by atoms with Crippen LogP contribution in [0.2, 0.25) is 0 Å². The van der Waals surface area contributed by atoms with Crippen molar-refractivity contribution in [1.29, 1.82) is 0 Å². The Balaban J connectivity index is 1.48. The van der Waals surface area contributed by atoms with Crippen molar-refractivity contribution < 1.29 is 90.4 Å². The van der Waals surface area contributed by atoms with Crippen molar-refractivity contribution in [2.75, 3.05) is 37.8 Å². The van der Waals surface area contributed by atoms with Crippen molar-refractivity contribution in [2.24, 2.45) is 11.3 Å². The lowest BCUT2D eigenvalue weighted by molar-refractivity contribution is -0.347. The van der Waals surface area contributed by atoms with Crippen LogP contribution in [0.15, 0.2) is 12.7 Å². The summed E-state index contributed by atoms with van der Waals surface area (Å²) in [7, 11) is -17.7. The number of aliphatic carboxylic acids is 1. The Morgan fingerprint density at radius 2 is 1.74 bits per heavy atom. The predicted octanol–water partition coefficient (Wildman–Crippen LogP) is -2.97. The number of fused-ring (bicyclic) bond motifs is 1. The van der Waals surface area contributed by atoms with Crippen LogP contribution in [0.4, 0.5) is 5.82 Å². The topological polar surface area (TPSA) is 412 Å². The fraction of sp³-hybridized carbons (Fsp3) is 0.679. The molecule has 1 aliphatic heterocycles. The van der Waals surface area contributed by atoms with Crippen molar-refractivity contribution >= 4 is 75.1 Å². The summed E-state index contributed by atoms with van der Waals surface area (Å²) in [5.41, 5.74) is 4.00. The number of carboxylic acids is 1. The molecule has 8 atom stereocenters. The predicted molar refractivity (Wildman–Crippen MR) is 189 cm³/mol. The number of nitrogens with two attached hydrogens (primary N) is 1. The number of ether oxygens (including phenoxy) is 1. The van der Waals surface area contributed by atoms with E-state index in [9.17, 15) is 67.8 Å². The van der Waals surface area contributed by atoms with Gasteiger partial charge in [-0.2, -0.15) is 0 Å². The number of unbranched alkanes of at least 4 members (excludes halogenated alkanes) is 1. The number of carbonyl (C=O) groups is 4. The van der Waals surface area contributed by atoms with Crippen molar-refractivity contribution in [2.45, 2.75) is 77.1 Å². The summed E-state index contributed by atoms with van der Waals surface area (Å²) in [5, 5.41) is 34.8. The standard InChI is InChI=1S/C28H46N7O19P3S/c1-4-5-6-15(26(40)41)27(42)58-10-9-30-17(36)7-8-31-24(39)21(38)28(2,3)12-51-57(48,49)54-56(46,47)50-11-16-20(53-55(43,44)45)19(37)25(52-16)35-14-34-18-22(29)32-13-33-23(18)35/h13-16,19-21,25,37-38H,4-12H2,1-3H3,(H,30,36)(H,31,39)(H,40,41)(H,46,47)(H,48,49)(H2,29,32,33)(H2,43,44,45)/p-4. The SMILES string of the molecule is CCCCC(C(=O)O)C(=O)SCCNC(=O)CCNC(=O)C(O)C(C)(C)COP(=O)([O-])OP(=O)([O-])OCC1OC(n2cnc3c(N)ncnc32)C(O)C1OP(=O)([O-])[O-]. The zero-order chi connectivity index (χ0) is 43.6. The molecule has 0 spiro atoms. The molecule has 58 heavy (non-hydrogen) atoms. The van der Waals surface area contributed by atoms with E-state index >= 15 is 0 Å². The van der Waals surface area contributed by atoms with E-state index in [1.54, 1.807) is 0 Å². The summed E-state index contributed by atoms with van der Waals surface area (Å²) >= 11 is 0.765. The van der Waals surface area contributed by atoms with Crippen LogP contribution in [0.3, 0.4) is 0 Å². The van der Waals surface area contributed by atoms with Crippen LogP contribution in [-0.2, 0) is 55.5 Å². The summed E-state index contributed by atoms with van der Waals surface area (Å²) in [6, 6.07) is 0. The smallest absolute Gasteiger partial charge is 0.314 e. The van der Waals surface area contributed by atoms with Gasteiger partial charge in [-0.25, -0.2) is 19.3 Å². The molecular weight excluding hydrogens is 863 g/mol. The summed E-state index contributed by atoms with van der Waals surface area (Å²) in [6.07, 6.45) is -6.31. The monoisotopic (exact) mass is 905 g/mol. The molecule has 2 aromatic rings. The van der Waals surface area contributed by atoms with Crippen LogP contribution >= 0.6 is 35.2 Å². The second-order valence-corrected chi connectivity index (χ2v) is 18.3. The first-order valence-corrected chi connectivity index (χ1v) is 22.5. The number of carbonyl (C=O) groups excluding carboxylic acids is 3. The number of anilines is 1. The highest BCUT2D eigenvalue weighted by Gasteiger charge is 2.47. The number of phosphoric ester groups is 3. The first-order chi connectivity index (χ1) is 26.9. The molecule has 0 aromatic carbocycles. The molecule has 2 amide bonds.